The number of hydrogen-bond donors (Lipinski definition) is 1. The Bertz CT molecular complexity index is 542. The maximum Gasteiger partial charge on any atom is 0.251 e. The molecule has 2 heterocycles. The van der Waals surface area contributed by atoms with E-state index in [-0.39, 0.29) is 5.56 Å². The van der Waals surface area contributed by atoms with Gasteiger partial charge < -0.3 is 14.1 Å². The van der Waals surface area contributed by atoms with Crippen molar-refractivity contribution in [3.8, 4) is 11.6 Å². The Morgan fingerprint density at radius 3 is 3.00 bits per heavy atom. The summed E-state index contributed by atoms with van der Waals surface area (Å²) in [7, 11) is 1.56. The minimum Gasteiger partial charge on any atom is -0.461 e. The molecule has 0 spiro atoms. The molecule has 2 aromatic rings. The lowest BCUT2D eigenvalue weighted by Crippen LogP contribution is -2.10. The van der Waals surface area contributed by atoms with Crippen molar-refractivity contribution in [3.05, 3.63) is 40.0 Å². The van der Waals surface area contributed by atoms with Gasteiger partial charge in [-0.2, -0.15) is 0 Å². The van der Waals surface area contributed by atoms with Crippen LogP contribution < -0.4 is 5.56 Å². The molecule has 2 rings (SSSR count). The Morgan fingerprint density at radius 1 is 1.56 bits per heavy atom. The van der Waals surface area contributed by atoms with Gasteiger partial charge in [0.25, 0.3) is 5.56 Å². The molecule has 2 aromatic heterocycles. The van der Waals surface area contributed by atoms with Gasteiger partial charge in [0, 0.05) is 13.2 Å². The first-order valence-electron chi connectivity index (χ1n) is 4.84. The molecule has 0 bridgehead atoms. The molecule has 0 atom stereocenters. The topological polar surface area (TPSA) is 68.1 Å². The van der Waals surface area contributed by atoms with Crippen LogP contribution in [-0.2, 0) is 11.3 Å². The molecule has 0 amide bonds. The van der Waals surface area contributed by atoms with Crippen LogP contribution in [0.5, 0.6) is 0 Å². The third-order valence-corrected chi connectivity index (χ3v) is 2.16. The van der Waals surface area contributed by atoms with E-state index in [0.29, 0.717) is 23.9 Å². The number of nitrogens with one attached hydrogen (secondary N) is 1. The van der Waals surface area contributed by atoms with E-state index < -0.39 is 0 Å². The zero-order valence-electron chi connectivity index (χ0n) is 9.11. The molecule has 0 aromatic carbocycles. The standard InChI is InChI=1S/C11H12N2O3/c1-7-3-4-16-10(7)11-12-8(6-15-2)5-9(14)13-11/h3-5H,6H2,1-2H3,(H,12,13,14). The second-order valence-corrected chi connectivity index (χ2v) is 3.45. The average Bonchev–Trinajstić information content (AvgIpc) is 2.64. The molecule has 0 saturated heterocycles. The lowest BCUT2D eigenvalue weighted by molar-refractivity contribution is 0.181. The van der Waals surface area contributed by atoms with Crippen molar-refractivity contribution in [2.75, 3.05) is 7.11 Å². The van der Waals surface area contributed by atoms with Gasteiger partial charge in [0.1, 0.15) is 0 Å². The Labute approximate surface area is 92.1 Å². The smallest absolute Gasteiger partial charge is 0.251 e. The summed E-state index contributed by atoms with van der Waals surface area (Å²) in [6.45, 7) is 2.19. The van der Waals surface area contributed by atoms with Crippen molar-refractivity contribution < 1.29 is 9.15 Å². The van der Waals surface area contributed by atoms with Crippen LogP contribution >= 0.6 is 0 Å². The number of H-pyrrole nitrogens is 1. The van der Waals surface area contributed by atoms with Crippen LogP contribution in [0, 0.1) is 6.92 Å². The summed E-state index contributed by atoms with van der Waals surface area (Å²) < 4.78 is 10.2. The lowest BCUT2D eigenvalue weighted by atomic mass is 10.2. The minimum atomic E-state index is -0.215. The summed E-state index contributed by atoms with van der Waals surface area (Å²) in [5.41, 5.74) is 1.29. The van der Waals surface area contributed by atoms with Gasteiger partial charge in [-0.25, -0.2) is 4.98 Å². The van der Waals surface area contributed by atoms with Crippen molar-refractivity contribution in [1.29, 1.82) is 0 Å². The van der Waals surface area contributed by atoms with E-state index in [2.05, 4.69) is 9.97 Å². The second kappa shape index (κ2) is 4.32. The molecule has 0 aliphatic carbocycles. The van der Waals surface area contributed by atoms with Gasteiger partial charge in [-0.15, -0.1) is 0 Å². The number of furan rings is 1. The van der Waals surface area contributed by atoms with Gasteiger partial charge >= 0.3 is 0 Å². The van der Waals surface area contributed by atoms with Crippen molar-refractivity contribution in [3.63, 3.8) is 0 Å². The SMILES string of the molecule is COCc1cc(=O)[nH]c(-c2occc2C)n1. The normalized spacial score (nSPS) is 10.6. The maximum absolute atomic E-state index is 11.4. The van der Waals surface area contributed by atoms with Gasteiger partial charge in [-0.3, -0.25) is 4.79 Å². The highest BCUT2D eigenvalue weighted by molar-refractivity contribution is 5.51. The van der Waals surface area contributed by atoms with Gasteiger partial charge in [-0.1, -0.05) is 0 Å². The van der Waals surface area contributed by atoms with Crippen LogP contribution in [-0.4, -0.2) is 17.1 Å². The van der Waals surface area contributed by atoms with E-state index >= 15 is 0 Å². The lowest BCUT2D eigenvalue weighted by Gasteiger charge is -2.01. The Hall–Kier alpha value is -1.88. The molecule has 0 aliphatic rings. The molecule has 0 unspecified atom stereocenters. The number of rotatable bonds is 3. The predicted molar refractivity (Wildman–Crippen MR) is 58.0 cm³/mol. The third-order valence-electron chi connectivity index (χ3n) is 2.16. The molecule has 0 aliphatic heterocycles. The van der Waals surface area contributed by atoms with E-state index in [1.54, 1.807) is 13.4 Å². The molecule has 5 heteroatoms. The molecule has 16 heavy (non-hydrogen) atoms. The van der Waals surface area contributed by atoms with Crippen molar-refractivity contribution in [1.82, 2.24) is 9.97 Å². The summed E-state index contributed by atoms with van der Waals surface area (Å²) in [6.07, 6.45) is 1.56. The predicted octanol–water partition coefficient (Wildman–Crippen LogP) is 1.48. The summed E-state index contributed by atoms with van der Waals surface area (Å²) >= 11 is 0. The summed E-state index contributed by atoms with van der Waals surface area (Å²) in [5, 5.41) is 0. The number of aryl methyl sites for hydroxylation is 1. The molecule has 84 valence electrons. The van der Waals surface area contributed by atoms with Gasteiger partial charge in [0.05, 0.1) is 18.6 Å². The van der Waals surface area contributed by atoms with Crippen molar-refractivity contribution >= 4 is 0 Å². The first-order chi connectivity index (χ1) is 7.70. The maximum atomic E-state index is 11.4. The number of aromatic nitrogens is 2. The molecular formula is C11H12N2O3. The number of nitrogens with zero attached hydrogens (tertiary/aromatic N) is 1. The van der Waals surface area contributed by atoms with E-state index in [9.17, 15) is 4.79 Å². The fourth-order valence-electron chi connectivity index (χ4n) is 1.45. The highest BCUT2D eigenvalue weighted by Gasteiger charge is 2.09. The second-order valence-electron chi connectivity index (χ2n) is 3.45. The Morgan fingerprint density at radius 2 is 2.38 bits per heavy atom. The largest absolute Gasteiger partial charge is 0.461 e. The first-order valence-corrected chi connectivity index (χ1v) is 4.84. The molecule has 0 fully saturated rings. The highest BCUT2D eigenvalue weighted by atomic mass is 16.5. The fourth-order valence-corrected chi connectivity index (χ4v) is 1.45. The first kappa shape index (κ1) is 10.6. The van der Waals surface area contributed by atoms with Crippen molar-refractivity contribution in [2.24, 2.45) is 0 Å². The van der Waals surface area contributed by atoms with Crippen LogP contribution in [0.25, 0.3) is 11.6 Å². The number of ether oxygens (including phenoxy) is 1. The molecular weight excluding hydrogens is 208 g/mol. The summed E-state index contributed by atoms with van der Waals surface area (Å²) in [6, 6.07) is 3.23. The minimum absolute atomic E-state index is 0.215. The van der Waals surface area contributed by atoms with Crippen LogP contribution in [0.15, 0.2) is 27.6 Å². The summed E-state index contributed by atoms with van der Waals surface area (Å²) in [4.78, 5) is 18.3. The van der Waals surface area contributed by atoms with Crippen molar-refractivity contribution in [2.45, 2.75) is 13.5 Å². The molecule has 1 N–H and O–H groups in total. The molecule has 5 nitrogen and oxygen atoms in total. The zero-order chi connectivity index (χ0) is 11.5. The number of methoxy groups -OCH3 is 1. The average molecular weight is 220 g/mol. The fraction of sp³-hybridized carbons (Fsp3) is 0.273. The number of aromatic amines is 1. The highest BCUT2D eigenvalue weighted by Crippen LogP contribution is 2.19. The van der Waals surface area contributed by atoms with Gasteiger partial charge in [0.15, 0.2) is 11.6 Å². The van der Waals surface area contributed by atoms with Crippen LogP contribution in [0.3, 0.4) is 0 Å². The molecule has 0 saturated carbocycles. The van der Waals surface area contributed by atoms with Crippen LogP contribution in [0.4, 0.5) is 0 Å². The van der Waals surface area contributed by atoms with Gasteiger partial charge in [-0.05, 0) is 18.6 Å². The Kier molecular flexibility index (Phi) is 2.87. The quantitative estimate of drug-likeness (QED) is 0.850. The van der Waals surface area contributed by atoms with E-state index in [1.165, 1.54) is 6.07 Å². The van der Waals surface area contributed by atoms with E-state index in [4.69, 9.17) is 9.15 Å². The molecule has 0 radical (unpaired) electrons. The van der Waals surface area contributed by atoms with Crippen LogP contribution in [0.1, 0.15) is 11.3 Å². The monoisotopic (exact) mass is 220 g/mol. The van der Waals surface area contributed by atoms with E-state index in [0.717, 1.165) is 5.56 Å². The van der Waals surface area contributed by atoms with Gasteiger partial charge in [0.2, 0.25) is 0 Å². The summed E-state index contributed by atoms with van der Waals surface area (Å²) in [5.74, 6) is 1.01. The van der Waals surface area contributed by atoms with E-state index in [1.807, 2.05) is 13.0 Å². The van der Waals surface area contributed by atoms with Crippen LogP contribution in [0.2, 0.25) is 0 Å². The zero-order valence-corrected chi connectivity index (χ0v) is 9.11. The Balaban J connectivity index is 2.49. The number of hydrogen-bond acceptors (Lipinski definition) is 4. The third kappa shape index (κ3) is 2.04.